The van der Waals surface area contributed by atoms with Crippen LogP contribution in [0.4, 0.5) is 22.0 Å². The second-order valence-corrected chi connectivity index (χ2v) is 13.4. The van der Waals surface area contributed by atoms with E-state index in [9.17, 15) is 29.5 Å². The highest BCUT2D eigenvalue weighted by molar-refractivity contribution is 7.98. The van der Waals surface area contributed by atoms with E-state index >= 15 is 4.79 Å². The Morgan fingerprint density at radius 3 is 2.40 bits per heavy atom. The molecule has 4 aromatic carbocycles. The molecule has 6 rings (SSSR count). The summed E-state index contributed by atoms with van der Waals surface area (Å²) in [5, 5.41) is -1.24. The fourth-order valence-electron chi connectivity index (χ4n) is 6.04. The van der Waals surface area contributed by atoms with Crippen molar-refractivity contribution in [2.75, 3.05) is 33.2 Å². The number of halogens is 5. The number of pyridine rings is 1. The maximum absolute atomic E-state index is 15.1. The Balaban J connectivity index is 1.44. The molecule has 1 aliphatic rings. The zero-order valence-electron chi connectivity index (χ0n) is 39.2. The zero-order valence-corrected chi connectivity index (χ0v) is 29.1. The van der Waals surface area contributed by atoms with E-state index in [0.717, 1.165) is 18.2 Å². The van der Waals surface area contributed by atoms with Crippen LogP contribution in [0.3, 0.4) is 0 Å². The lowest BCUT2D eigenvalue weighted by Gasteiger charge is -2.39. The number of ether oxygens (including phenoxy) is 1. The highest BCUT2D eigenvalue weighted by Gasteiger charge is 2.31. The molecule has 2 heterocycles. The number of hydrogen-bond donors (Lipinski definition) is 0. The van der Waals surface area contributed by atoms with Crippen LogP contribution in [0.2, 0.25) is 0 Å². The zero-order chi connectivity index (χ0) is 47.3. The van der Waals surface area contributed by atoms with Gasteiger partial charge in [0.25, 0.3) is 0 Å². The molecule has 0 bridgehead atoms. The Labute approximate surface area is 324 Å². The van der Waals surface area contributed by atoms with Crippen molar-refractivity contribution in [3.05, 3.63) is 135 Å². The highest BCUT2D eigenvalue weighted by atomic mass is 32.2. The molecule has 0 saturated carbocycles. The van der Waals surface area contributed by atoms with Gasteiger partial charge in [-0.3, -0.25) is 9.59 Å². The third-order valence-electron chi connectivity index (χ3n) is 8.87. The molecule has 53 heavy (non-hydrogen) atoms. The number of likely N-dealkylation sites (tertiary alicyclic amines) is 1. The van der Waals surface area contributed by atoms with Gasteiger partial charge in [-0.2, -0.15) is 13.2 Å². The van der Waals surface area contributed by atoms with Gasteiger partial charge in [0.1, 0.15) is 6.50 Å². The number of fused-ring (bicyclic) bond motifs is 1. The van der Waals surface area contributed by atoms with Gasteiger partial charge in [0.2, 0.25) is 5.91 Å². The van der Waals surface area contributed by atoms with Crippen molar-refractivity contribution in [1.29, 1.82) is 0 Å². The molecular formula is C41H40F5N3O3S. The first-order valence-electron chi connectivity index (χ1n) is 21.9. The van der Waals surface area contributed by atoms with E-state index in [1.54, 1.807) is 29.2 Å². The van der Waals surface area contributed by atoms with Gasteiger partial charge in [0.05, 0.1) is 37.7 Å². The molecule has 12 heteroatoms. The van der Waals surface area contributed by atoms with E-state index < -0.39 is 113 Å². The lowest BCUT2D eigenvalue weighted by molar-refractivity contribution is -0.137. The molecule has 5 aromatic rings. The molecule has 0 aliphatic carbocycles. The molecule has 1 aromatic heterocycles. The van der Waals surface area contributed by atoms with Gasteiger partial charge < -0.3 is 19.1 Å². The summed E-state index contributed by atoms with van der Waals surface area (Å²) >= 11 is 0.520. The number of rotatable bonds is 12. The van der Waals surface area contributed by atoms with Gasteiger partial charge in [-0.25, -0.2) is 8.78 Å². The Bertz CT molecular complexity index is 2620. The summed E-state index contributed by atoms with van der Waals surface area (Å²) < 4.78 is 166. The highest BCUT2D eigenvalue weighted by Crippen LogP contribution is 2.32. The molecule has 6 nitrogen and oxygen atoms in total. The van der Waals surface area contributed by atoms with Crippen molar-refractivity contribution in [3.8, 4) is 11.1 Å². The van der Waals surface area contributed by atoms with E-state index in [1.165, 1.54) is 36.1 Å². The van der Waals surface area contributed by atoms with Crippen LogP contribution >= 0.6 is 11.8 Å². The van der Waals surface area contributed by atoms with Crippen LogP contribution in [0, 0.1) is 18.6 Å². The maximum atomic E-state index is 15.1. The van der Waals surface area contributed by atoms with Crippen molar-refractivity contribution in [3.63, 3.8) is 0 Å². The fourth-order valence-corrected chi connectivity index (χ4v) is 6.99. The molecule has 1 fully saturated rings. The van der Waals surface area contributed by atoms with Crippen molar-refractivity contribution in [1.82, 2.24) is 14.4 Å². The largest absolute Gasteiger partial charge is 0.416 e. The number of carbonyl (C=O) groups excluding carboxylic acids is 1. The normalized spacial score (nSPS) is 18.0. The lowest BCUT2D eigenvalue weighted by Crippen LogP contribution is -2.48. The maximum Gasteiger partial charge on any atom is 0.416 e. The minimum atomic E-state index is -4.55. The Hall–Kier alpha value is -4.52. The summed E-state index contributed by atoms with van der Waals surface area (Å²) in [6, 6.07) is 10.5. The Kier molecular flexibility index (Phi) is 8.26. The monoisotopic (exact) mass is 760 g/mol. The number of methoxy groups -OCH3 is 1. The summed E-state index contributed by atoms with van der Waals surface area (Å²) in [6.07, 6.45) is -4.37. The van der Waals surface area contributed by atoms with Crippen LogP contribution in [-0.2, 0) is 34.5 Å². The second kappa shape index (κ2) is 16.7. The molecule has 0 spiro atoms. The summed E-state index contributed by atoms with van der Waals surface area (Å²) in [6.45, 7) is -5.21. The predicted octanol–water partition coefficient (Wildman–Crippen LogP) is 8.71. The number of alkyl halides is 3. The van der Waals surface area contributed by atoms with E-state index in [4.69, 9.17) is 12.3 Å². The van der Waals surface area contributed by atoms with Crippen LogP contribution < -0.4 is 5.43 Å². The Morgan fingerprint density at radius 1 is 1.02 bits per heavy atom. The number of hydrogen-bond acceptors (Lipinski definition) is 5. The number of benzene rings is 4. The van der Waals surface area contributed by atoms with Crippen LogP contribution in [0.1, 0.15) is 50.2 Å². The number of thioether (sulfide) groups is 1. The van der Waals surface area contributed by atoms with E-state index in [2.05, 4.69) is 4.74 Å². The first-order valence-corrected chi connectivity index (χ1v) is 17.4. The summed E-state index contributed by atoms with van der Waals surface area (Å²) in [4.78, 5) is 31.7. The van der Waals surface area contributed by atoms with Crippen LogP contribution in [0.5, 0.6) is 0 Å². The van der Waals surface area contributed by atoms with Crippen molar-refractivity contribution >= 4 is 28.6 Å². The van der Waals surface area contributed by atoms with Crippen LogP contribution in [-0.4, -0.2) is 59.5 Å². The van der Waals surface area contributed by atoms with Crippen molar-refractivity contribution in [2.45, 2.75) is 55.8 Å². The molecular weight excluding hydrogens is 710 g/mol. The predicted molar refractivity (Wildman–Crippen MR) is 198 cm³/mol. The average Bonchev–Trinajstić information content (AvgIpc) is 3.22. The van der Waals surface area contributed by atoms with Gasteiger partial charge in [0.15, 0.2) is 17.1 Å². The van der Waals surface area contributed by atoms with E-state index in [1.807, 2.05) is 0 Å². The van der Waals surface area contributed by atoms with E-state index in [0.29, 0.717) is 33.0 Å². The molecule has 1 saturated heterocycles. The number of amides is 1. The van der Waals surface area contributed by atoms with Crippen molar-refractivity contribution in [2.24, 2.45) is 0 Å². The Morgan fingerprint density at radius 2 is 1.72 bits per heavy atom. The molecule has 1 aliphatic heterocycles. The molecule has 0 atom stereocenters. The number of nitrogens with zero attached hydrogens (tertiary/aromatic N) is 3. The van der Waals surface area contributed by atoms with Gasteiger partial charge in [-0.15, -0.1) is 11.8 Å². The first kappa shape index (κ1) is 26.3. The average molecular weight is 761 g/mol. The molecule has 278 valence electrons. The van der Waals surface area contributed by atoms with Crippen LogP contribution in [0.15, 0.2) is 101 Å². The second-order valence-electron chi connectivity index (χ2n) is 12.4. The van der Waals surface area contributed by atoms with Crippen molar-refractivity contribution < 1.29 is 46.6 Å². The topological polar surface area (TPSA) is 54.8 Å². The SMILES string of the molecule is [2H]c1c(C)c([2H])c2c(c1[2H])c(=O)c([2H])c(SCc1cccc(F)c1F)n2C([2H])([2H])C(=O)N(Cc1ccc(-c2ccc(C(F)(F)F)cc2)cc1)C1CCN(CC([2H])([2H])OC([2H])([2H])[2H])CC1. The standard InChI is InChI=1S/C41H40F5N3O3S/c1-27-6-15-34-36(22-27)49(39(23-37(34)50)53-26-31-4-3-5-35(42)40(31)43)25-38(51)48(33-16-18-47(19-17-33)20-21-52-2)24-28-7-9-29(10-8-28)30-11-13-32(14-12-30)41(44,45)46/h3-15,22-23,33H,16-21,24-26H2,1-2H3/i2D3,6D,15D,21D2,22D,23D,25D2. The summed E-state index contributed by atoms with van der Waals surface area (Å²) in [7, 11) is -3.03. The minimum absolute atomic E-state index is 0.0802. The molecule has 1 amide bonds. The molecule has 0 unspecified atom stereocenters. The van der Waals surface area contributed by atoms with Gasteiger partial charge in [0, 0.05) is 62.0 Å². The van der Waals surface area contributed by atoms with Crippen LogP contribution in [0.25, 0.3) is 22.0 Å². The lowest BCUT2D eigenvalue weighted by atomic mass is 10.00. The summed E-state index contributed by atoms with van der Waals surface area (Å²) in [5.74, 6) is -4.19. The van der Waals surface area contributed by atoms with Gasteiger partial charge >= 0.3 is 6.18 Å². The quantitative estimate of drug-likeness (QED) is 0.0942. The third kappa shape index (κ3) is 9.17. The number of piperidine rings is 1. The number of carbonyl (C=O) groups is 1. The summed E-state index contributed by atoms with van der Waals surface area (Å²) in [5.41, 5.74) is -1.59. The molecule has 0 N–H and O–H groups in total. The smallest absolute Gasteiger partial charge is 0.383 e. The fraction of sp³-hybridized carbons (Fsp3) is 0.317. The van der Waals surface area contributed by atoms with E-state index in [-0.39, 0.29) is 43.6 Å². The van der Waals surface area contributed by atoms with Gasteiger partial charge in [-0.1, -0.05) is 54.6 Å². The third-order valence-corrected chi connectivity index (χ3v) is 9.88. The molecule has 0 radical (unpaired) electrons. The first-order chi connectivity index (χ1) is 29.7. The minimum Gasteiger partial charge on any atom is -0.383 e. The van der Waals surface area contributed by atoms with Gasteiger partial charge in [-0.05, 0) is 72.3 Å². The number of aromatic nitrogens is 1.